The normalized spacial score (nSPS) is 10.7. The van der Waals surface area contributed by atoms with Gasteiger partial charge in [-0.15, -0.1) is 0 Å². The van der Waals surface area contributed by atoms with Gasteiger partial charge in [0.25, 0.3) is 5.91 Å². The van der Waals surface area contributed by atoms with E-state index in [0.717, 1.165) is 5.39 Å². The summed E-state index contributed by atoms with van der Waals surface area (Å²) in [6.45, 7) is 0. The van der Waals surface area contributed by atoms with Gasteiger partial charge >= 0.3 is 0 Å². The Morgan fingerprint density at radius 2 is 2.05 bits per heavy atom. The van der Waals surface area contributed by atoms with Gasteiger partial charge in [-0.1, -0.05) is 18.2 Å². The topological polar surface area (TPSA) is 72.4 Å². The van der Waals surface area contributed by atoms with Crippen molar-refractivity contribution in [2.75, 3.05) is 17.7 Å². The maximum absolute atomic E-state index is 12.5. The molecule has 0 saturated heterocycles. The first-order valence-corrected chi connectivity index (χ1v) is 6.12. The van der Waals surface area contributed by atoms with Crippen LogP contribution in [0.25, 0.3) is 11.0 Å². The van der Waals surface area contributed by atoms with Crippen molar-refractivity contribution in [1.29, 1.82) is 0 Å². The molecule has 0 aliphatic heterocycles. The number of furan rings is 1. The van der Waals surface area contributed by atoms with Gasteiger partial charge in [-0.3, -0.25) is 4.79 Å². The number of nitrogens with two attached hydrogens (primary N) is 1. The summed E-state index contributed by atoms with van der Waals surface area (Å²) in [5.74, 6) is 0.268. The minimum atomic E-state index is -0.151. The molecule has 0 radical (unpaired) electrons. The third-order valence-electron chi connectivity index (χ3n) is 3.17. The number of fused-ring (bicyclic) bond motifs is 1. The van der Waals surface area contributed by atoms with Crippen LogP contribution < -0.4 is 10.6 Å². The Morgan fingerprint density at radius 1 is 1.25 bits per heavy atom. The summed E-state index contributed by atoms with van der Waals surface area (Å²) in [7, 11) is 1.69. The zero-order valence-corrected chi connectivity index (χ0v) is 10.9. The average molecular weight is 267 g/mol. The Hall–Kier alpha value is -2.82. The highest BCUT2D eigenvalue weighted by atomic mass is 16.3. The zero-order valence-electron chi connectivity index (χ0n) is 10.9. The number of para-hydroxylation sites is 1. The lowest BCUT2D eigenvalue weighted by Crippen LogP contribution is -2.26. The molecule has 1 amide bonds. The number of amides is 1. The molecular formula is C15H13N3O2. The van der Waals surface area contributed by atoms with Gasteiger partial charge in [0.2, 0.25) is 0 Å². The molecular weight excluding hydrogens is 254 g/mol. The van der Waals surface area contributed by atoms with Crippen LogP contribution in [0.1, 0.15) is 10.4 Å². The van der Waals surface area contributed by atoms with Crippen molar-refractivity contribution < 1.29 is 9.21 Å². The number of nitrogens with zero attached hydrogens (tertiary/aromatic N) is 2. The SMILES string of the molecule is CN(C(=O)c1coc2ccccc12)c1ccc(N)nc1. The summed E-state index contributed by atoms with van der Waals surface area (Å²) in [6, 6.07) is 10.8. The molecule has 3 rings (SSSR count). The first-order valence-electron chi connectivity index (χ1n) is 6.12. The average Bonchev–Trinajstić information content (AvgIpc) is 2.90. The smallest absolute Gasteiger partial charge is 0.261 e. The Kier molecular flexibility index (Phi) is 2.87. The minimum absolute atomic E-state index is 0.151. The number of nitrogen functional groups attached to an aromatic ring is 1. The van der Waals surface area contributed by atoms with E-state index in [2.05, 4.69) is 4.98 Å². The second-order valence-electron chi connectivity index (χ2n) is 4.45. The van der Waals surface area contributed by atoms with Gasteiger partial charge in [-0.25, -0.2) is 4.98 Å². The number of benzene rings is 1. The van der Waals surface area contributed by atoms with Crippen molar-refractivity contribution in [2.24, 2.45) is 0 Å². The largest absolute Gasteiger partial charge is 0.463 e. The van der Waals surface area contributed by atoms with Crippen LogP contribution in [0.3, 0.4) is 0 Å². The van der Waals surface area contributed by atoms with E-state index in [0.29, 0.717) is 22.7 Å². The number of hydrogen-bond acceptors (Lipinski definition) is 4. The molecule has 2 aromatic heterocycles. The quantitative estimate of drug-likeness (QED) is 0.774. The van der Waals surface area contributed by atoms with Gasteiger partial charge < -0.3 is 15.1 Å². The lowest BCUT2D eigenvalue weighted by Gasteiger charge is -2.16. The third kappa shape index (κ3) is 1.99. The van der Waals surface area contributed by atoms with Gasteiger partial charge in [0, 0.05) is 12.4 Å². The van der Waals surface area contributed by atoms with Gasteiger partial charge in [0.1, 0.15) is 17.7 Å². The Labute approximate surface area is 115 Å². The molecule has 5 nitrogen and oxygen atoms in total. The number of rotatable bonds is 2. The molecule has 5 heteroatoms. The fourth-order valence-corrected chi connectivity index (χ4v) is 2.04. The van der Waals surface area contributed by atoms with Gasteiger partial charge in [0.05, 0.1) is 17.4 Å². The van der Waals surface area contributed by atoms with Crippen LogP contribution in [0, 0.1) is 0 Å². The van der Waals surface area contributed by atoms with Crippen LogP contribution in [0.4, 0.5) is 11.5 Å². The molecule has 2 heterocycles. The summed E-state index contributed by atoms with van der Waals surface area (Å²) in [5, 5.41) is 0.799. The van der Waals surface area contributed by atoms with Crippen LogP contribution in [-0.2, 0) is 0 Å². The second-order valence-corrected chi connectivity index (χ2v) is 4.45. The van der Waals surface area contributed by atoms with E-state index in [1.165, 1.54) is 11.2 Å². The minimum Gasteiger partial charge on any atom is -0.463 e. The molecule has 0 spiro atoms. The summed E-state index contributed by atoms with van der Waals surface area (Å²) < 4.78 is 5.39. The number of carbonyl (C=O) groups is 1. The van der Waals surface area contributed by atoms with Crippen LogP contribution in [-0.4, -0.2) is 17.9 Å². The Bertz CT molecular complexity index is 762. The maximum Gasteiger partial charge on any atom is 0.261 e. The molecule has 0 aliphatic carbocycles. The number of aromatic nitrogens is 1. The van der Waals surface area contributed by atoms with Crippen LogP contribution in [0.2, 0.25) is 0 Å². The second kappa shape index (κ2) is 4.70. The van der Waals surface area contributed by atoms with Crippen LogP contribution in [0.15, 0.2) is 53.3 Å². The fourth-order valence-electron chi connectivity index (χ4n) is 2.04. The van der Waals surface area contributed by atoms with Crippen molar-refractivity contribution >= 4 is 28.4 Å². The predicted octanol–water partition coefficient (Wildman–Crippen LogP) is 2.69. The van der Waals surface area contributed by atoms with Crippen molar-refractivity contribution in [3.05, 3.63) is 54.4 Å². The summed E-state index contributed by atoms with van der Waals surface area (Å²) in [5.41, 5.74) is 7.44. The molecule has 2 N–H and O–H groups in total. The highest BCUT2D eigenvalue weighted by Gasteiger charge is 2.18. The standard InChI is InChI=1S/C15H13N3O2/c1-18(10-6-7-14(16)17-8-10)15(19)12-9-20-13-5-3-2-4-11(12)13/h2-9H,1H3,(H2,16,17). The molecule has 20 heavy (non-hydrogen) atoms. The fraction of sp³-hybridized carbons (Fsp3) is 0.0667. The van der Waals surface area contributed by atoms with E-state index in [9.17, 15) is 4.79 Å². The molecule has 0 bridgehead atoms. The Morgan fingerprint density at radius 3 is 2.80 bits per heavy atom. The van der Waals surface area contributed by atoms with Gasteiger partial charge in [-0.2, -0.15) is 0 Å². The van der Waals surface area contributed by atoms with E-state index in [1.807, 2.05) is 24.3 Å². The molecule has 0 unspecified atom stereocenters. The number of hydrogen-bond donors (Lipinski definition) is 1. The van der Waals surface area contributed by atoms with Crippen LogP contribution >= 0.6 is 0 Å². The molecule has 0 atom stereocenters. The summed E-state index contributed by atoms with van der Waals surface area (Å²) in [6.07, 6.45) is 3.05. The first-order chi connectivity index (χ1) is 9.66. The lowest BCUT2D eigenvalue weighted by atomic mass is 10.1. The van der Waals surface area contributed by atoms with Crippen LogP contribution in [0.5, 0.6) is 0 Å². The van der Waals surface area contributed by atoms with Gasteiger partial charge in [-0.05, 0) is 18.2 Å². The van der Waals surface area contributed by atoms with E-state index >= 15 is 0 Å². The van der Waals surface area contributed by atoms with Crippen molar-refractivity contribution in [3.8, 4) is 0 Å². The third-order valence-corrected chi connectivity index (χ3v) is 3.17. The van der Waals surface area contributed by atoms with E-state index in [4.69, 9.17) is 10.2 Å². The van der Waals surface area contributed by atoms with E-state index in [1.54, 1.807) is 25.4 Å². The molecule has 0 aliphatic rings. The number of anilines is 2. The predicted molar refractivity (Wildman–Crippen MR) is 77.6 cm³/mol. The first kappa shape index (κ1) is 12.2. The summed E-state index contributed by atoms with van der Waals surface area (Å²) >= 11 is 0. The van der Waals surface area contributed by atoms with E-state index in [-0.39, 0.29) is 5.91 Å². The van der Waals surface area contributed by atoms with E-state index < -0.39 is 0 Å². The molecule has 0 saturated carbocycles. The monoisotopic (exact) mass is 267 g/mol. The summed E-state index contributed by atoms with van der Waals surface area (Å²) in [4.78, 5) is 18.0. The molecule has 1 aromatic carbocycles. The zero-order chi connectivity index (χ0) is 14.1. The highest BCUT2D eigenvalue weighted by molar-refractivity contribution is 6.13. The molecule has 0 fully saturated rings. The van der Waals surface area contributed by atoms with Gasteiger partial charge in [0.15, 0.2) is 0 Å². The number of carbonyl (C=O) groups excluding carboxylic acids is 1. The number of pyridine rings is 1. The molecule has 100 valence electrons. The highest BCUT2D eigenvalue weighted by Crippen LogP contribution is 2.23. The maximum atomic E-state index is 12.5. The van der Waals surface area contributed by atoms with Crippen molar-refractivity contribution in [1.82, 2.24) is 4.98 Å². The lowest BCUT2D eigenvalue weighted by molar-refractivity contribution is 0.0993. The molecule has 3 aromatic rings. The Balaban J connectivity index is 1.97. The van der Waals surface area contributed by atoms with Crippen molar-refractivity contribution in [3.63, 3.8) is 0 Å². The van der Waals surface area contributed by atoms with Crippen molar-refractivity contribution in [2.45, 2.75) is 0 Å².